The summed E-state index contributed by atoms with van der Waals surface area (Å²) in [5, 5.41) is 36.1. The van der Waals surface area contributed by atoms with E-state index in [9.17, 15) is 34.2 Å². The van der Waals surface area contributed by atoms with Crippen molar-refractivity contribution in [3.63, 3.8) is 0 Å². The summed E-state index contributed by atoms with van der Waals surface area (Å²) in [4.78, 5) is 61.3. The van der Waals surface area contributed by atoms with Crippen molar-refractivity contribution in [1.82, 2.24) is 30.4 Å². The molecule has 3 N–H and O–H groups in total. The summed E-state index contributed by atoms with van der Waals surface area (Å²) in [5.74, 6) is -5.65. The average molecular weight is 666 g/mol. The minimum absolute atomic E-state index is 0. The summed E-state index contributed by atoms with van der Waals surface area (Å²) >= 11 is 3.89. The molecule has 1 aromatic heterocycles. The molecular weight excluding hydrogens is 650 g/mol. The maximum Gasteiger partial charge on any atom is 1.00 e. The van der Waals surface area contributed by atoms with Crippen LogP contribution in [0.1, 0.15) is 0 Å². The Morgan fingerprint density at radius 1 is 1.20 bits per heavy atom. The zero-order valence-electron chi connectivity index (χ0n) is 22.3. The Balaban J connectivity index is 0.00000380. The molecule has 15 nitrogen and oxygen atoms in total. The summed E-state index contributed by atoms with van der Waals surface area (Å²) in [6.07, 6.45) is 0. The van der Waals surface area contributed by atoms with Gasteiger partial charge < -0.3 is 35.6 Å². The molecule has 3 aliphatic rings. The van der Waals surface area contributed by atoms with Gasteiger partial charge in [0, 0.05) is 25.7 Å². The van der Waals surface area contributed by atoms with Crippen molar-refractivity contribution in [3.8, 4) is 0 Å². The van der Waals surface area contributed by atoms with Gasteiger partial charge in [-0.3, -0.25) is 19.3 Å². The van der Waals surface area contributed by atoms with Gasteiger partial charge in [0.25, 0.3) is 17.5 Å². The van der Waals surface area contributed by atoms with Crippen molar-refractivity contribution in [3.05, 3.63) is 21.1 Å². The number of carbonyl (C=O) groups excluding carboxylic acids is 5. The molecule has 0 spiro atoms. The molecule has 2 fully saturated rings. The number of nitrogens with zero attached hydrogens (tertiary/aromatic N) is 5. The van der Waals surface area contributed by atoms with Crippen LogP contribution in [0.4, 0.5) is 0 Å². The monoisotopic (exact) mass is 665 g/mol. The zero-order chi connectivity index (χ0) is 26.4. The summed E-state index contributed by atoms with van der Waals surface area (Å²) in [7, 11) is 2.82. The van der Waals surface area contributed by atoms with Crippen molar-refractivity contribution in [1.29, 1.82) is 0 Å². The van der Waals surface area contributed by atoms with Crippen LogP contribution in [-0.2, 0) is 35.8 Å². The van der Waals surface area contributed by atoms with E-state index in [-0.39, 0.29) is 140 Å². The number of fused-ring (bicyclic) bond motifs is 1. The second-order valence-corrected chi connectivity index (χ2v) is 12.1. The van der Waals surface area contributed by atoms with Gasteiger partial charge in [0.1, 0.15) is 9.96 Å². The van der Waals surface area contributed by atoms with Crippen LogP contribution in [0.25, 0.3) is 0 Å². The normalized spacial score (nSPS) is 22.5. The van der Waals surface area contributed by atoms with Crippen LogP contribution in [0.15, 0.2) is 26.2 Å². The first-order chi connectivity index (χ1) is 17.0. The molecule has 192 valence electrons. The maximum atomic E-state index is 13.1. The van der Waals surface area contributed by atoms with E-state index in [1.54, 1.807) is 7.05 Å². The fourth-order valence-electron chi connectivity index (χ4n) is 3.49. The Labute approximate surface area is 332 Å². The van der Waals surface area contributed by atoms with Crippen molar-refractivity contribution >= 4 is 76.7 Å². The summed E-state index contributed by atoms with van der Waals surface area (Å²) in [6, 6.07) is 0. The molecule has 4 rings (SSSR count). The van der Waals surface area contributed by atoms with Gasteiger partial charge in [-0.1, -0.05) is 35.3 Å². The van der Waals surface area contributed by atoms with E-state index in [0.717, 1.165) is 28.4 Å². The van der Waals surface area contributed by atoms with Crippen molar-refractivity contribution in [2.75, 3.05) is 18.6 Å². The number of amides is 3. The second-order valence-electron chi connectivity index (χ2n) is 7.26. The molecular formula is C17H15N7Na4O8S4+2. The number of aryl methyl sites for hydroxylation is 1. The number of methoxy groups -OCH3 is 1. The zero-order valence-corrected chi connectivity index (χ0v) is 33.5. The fraction of sp³-hybridized carbons (Fsp3) is 0.412. The van der Waals surface area contributed by atoms with Crippen molar-refractivity contribution in [2.24, 2.45) is 12.8 Å². The van der Waals surface area contributed by atoms with E-state index < -0.39 is 50.9 Å². The predicted molar refractivity (Wildman–Crippen MR) is 123 cm³/mol. The van der Waals surface area contributed by atoms with Gasteiger partial charge in [0.05, 0.1) is 27.4 Å². The minimum Gasteiger partial charge on any atom is -0.545 e. The molecule has 0 aromatic carbocycles. The summed E-state index contributed by atoms with van der Waals surface area (Å²) in [5.41, 5.74) is 2.54. The number of β-lactam (4-membered cyclic amide) rings is 1. The summed E-state index contributed by atoms with van der Waals surface area (Å²) in [6.45, 7) is 0. The van der Waals surface area contributed by atoms with E-state index >= 15 is 0 Å². The number of primary amides is 1. The number of tetrazole rings is 1. The molecule has 3 aliphatic heterocycles. The molecule has 2 atom stereocenters. The molecule has 4 heterocycles. The van der Waals surface area contributed by atoms with Crippen LogP contribution in [0.3, 0.4) is 0 Å². The smallest absolute Gasteiger partial charge is 0.545 e. The van der Waals surface area contributed by atoms with Crippen LogP contribution >= 0.6 is 47.0 Å². The summed E-state index contributed by atoms with van der Waals surface area (Å²) < 4.78 is 5.89. The predicted octanol–water partition coefficient (Wildman–Crippen LogP) is -16.1. The number of hydrogen-bond donors (Lipinski definition) is 2. The quantitative estimate of drug-likeness (QED) is 0.0475. The molecule has 2 saturated heterocycles. The third-order valence-corrected chi connectivity index (χ3v) is 10.5. The fourth-order valence-corrected chi connectivity index (χ4v) is 8.13. The molecule has 0 saturated carbocycles. The number of nitrogens with one attached hydrogen (secondary N) is 1. The van der Waals surface area contributed by atoms with E-state index in [2.05, 4.69) is 20.8 Å². The van der Waals surface area contributed by atoms with Gasteiger partial charge in [0.15, 0.2) is 0 Å². The van der Waals surface area contributed by atoms with Gasteiger partial charge in [0.2, 0.25) is 11.1 Å². The van der Waals surface area contributed by atoms with Gasteiger partial charge in [-0.25, -0.2) is 4.68 Å². The number of ether oxygens (including phenoxy) is 1. The van der Waals surface area contributed by atoms with Crippen LogP contribution in [0.5, 0.6) is 0 Å². The van der Waals surface area contributed by atoms with Crippen LogP contribution < -0.4 is 139 Å². The third-order valence-electron chi connectivity index (χ3n) is 5.19. The van der Waals surface area contributed by atoms with E-state index in [0.29, 0.717) is 10.7 Å². The van der Waals surface area contributed by atoms with E-state index in [1.807, 2.05) is 0 Å². The van der Waals surface area contributed by atoms with Crippen LogP contribution in [0.2, 0.25) is 0 Å². The topological polar surface area (TPSA) is 226 Å². The number of carboxylic acids is 2. The van der Waals surface area contributed by atoms with Crippen LogP contribution in [0, 0.1) is 0 Å². The number of thioether (sulfide) groups is 4. The third kappa shape index (κ3) is 7.91. The Kier molecular flexibility index (Phi) is 17.6. The Morgan fingerprint density at radius 3 is 2.30 bits per heavy atom. The Morgan fingerprint density at radius 2 is 1.82 bits per heavy atom. The minimum atomic E-state index is -1.85. The molecule has 0 radical (unpaired) electrons. The molecule has 0 unspecified atom stereocenters. The Hall–Kier alpha value is 1.26. The number of carboxylic acid groups (broad SMARTS) is 2. The molecule has 1 aromatic rings. The van der Waals surface area contributed by atoms with E-state index in [4.69, 9.17) is 10.5 Å². The van der Waals surface area contributed by atoms with E-state index in [1.165, 1.54) is 35.3 Å². The van der Waals surface area contributed by atoms with Crippen molar-refractivity contribution < 1.29 is 157 Å². The molecule has 3 amide bonds. The number of aliphatic carboxylic acids is 2. The number of rotatable bonds is 9. The van der Waals surface area contributed by atoms with Gasteiger partial charge in [-0.2, -0.15) is 0 Å². The van der Waals surface area contributed by atoms with Gasteiger partial charge in [-0.05, 0) is 16.0 Å². The largest absolute Gasteiger partial charge is 1.00 e. The van der Waals surface area contributed by atoms with Gasteiger partial charge in [-0.15, -0.1) is 16.9 Å². The molecule has 40 heavy (non-hydrogen) atoms. The first-order valence-corrected chi connectivity index (χ1v) is 13.5. The maximum absolute atomic E-state index is 13.1. The van der Waals surface area contributed by atoms with Gasteiger partial charge >= 0.3 is 118 Å². The molecule has 0 bridgehead atoms. The number of hydrogen-bond acceptors (Lipinski definition) is 15. The number of aromatic nitrogens is 4. The number of carbonyl (C=O) groups is 5. The standard InChI is InChI=1S/C17H17N7O8S4.4Na/c1-23-16(20-21-22-23)34-4-5-3-33-15-17(32-2,14(31)24(15)7(5)11(29)30)19-9(26)13-35-12(36-13)6(8(18)25)10(27)28;;;;/h13,15H,3-4H2,1-2H3,(H2,18,25)(H,19,26)(H,27,28)(H,29,30);;;;/q;4*+1/p-2/t13?,15-,17+;;;;/m1..../s1. The molecule has 0 aliphatic carbocycles. The number of nitrogens with two attached hydrogens (primary N) is 1. The SMILES string of the molecule is CO[C@@]1(NC(=O)C2SC(=C(C(N)=O)C(=O)[O-])S2)C(=O)N2C(C(=O)[O-])=C(CSc3nnnn3C)CS[C@@H]21.[Na+].[Na+].[Na+].[Na+]. The van der Waals surface area contributed by atoms with Crippen molar-refractivity contribution in [2.45, 2.75) is 20.8 Å². The average Bonchev–Trinajstić information content (AvgIpc) is 3.20. The second kappa shape index (κ2) is 17.1. The first kappa shape index (κ1) is 41.3. The van der Waals surface area contributed by atoms with Crippen LogP contribution in [-0.4, -0.2) is 89.1 Å². The first-order valence-electron chi connectivity index (χ1n) is 9.71. The Bertz CT molecular complexity index is 1240. The molecule has 23 heteroatoms.